The predicted octanol–water partition coefficient (Wildman–Crippen LogP) is 4.31. The second kappa shape index (κ2) is 7.60. The summed E-state index contributed by atoms with van der Waals surface area (Å²) in [6, 6.07) is 13.0. The first kappa shape index (κ1) is 16.7. The molecule has 1 saturated heterocycles. The Morgan fingerprint density at radius 1 is 1.35 bits per heavy atom. The number of carbonyl (C=O) groups is 1. The molecule has 0 radical (unpaired) electrons. The van der Waals surface area contributed by atoms with Crippen LogP contribution < -0.4 is 0 Å². The zero-order valence-electron chi connectivity index (χ0n) is 13.2. The van der Waals surface area contributed by atoms with E-state index in [-0.39, 0.29) is 5.91 Å². The predicted molar refractivity (Wildman–Crippen MR) is 98.5 cm³/mol. The lowest BCUT2D eigenvalue weighted by Crippen LogP contribution is -2.37. The van der Waals surface area contributed by atoms with Crippen molar-refractivity contribution in [3.63, 3.8) is 0 Å². The molecule has 3 nitrogen and oxygen atoms in total. The van der Waals surface area contributed by atoms with Crippen LogP contribution in [0, 0.1) is 0 Å². The second-order valence-electron chi connectivity index (χ2n) is 6.01. The van der Waals surface area contributed by atoms with Gasteiger partial charge >= 0.3 is 0 Å². The van der Waals surface area contributed by atoms with Crippen molar-refractivity contribution >= 4 is 33.2 Å². The molecule has 1 aliphatic heterocycles. The summed E-state index contributed by atoms with van der Waals surface area (Å²) >= 11 is 5.18. The van der Waals surface area contributed by atoms with Crippen molar-refractivity contribution in [2.45, 2.75) is 25.4 Å². The molecule has 1 fully saturated rings. The fourth-order valence-electron chi connectivity index (χ4n) is 3.10. The Morgan fingerprint density at radius 3 is 2.83 bits per heavy atom. The van der Waals surface area contributed by atoms with E-state index in [1.807, 2.05) is 18.0 Å². The number of nitrogens with zero attached hydrogens (tertiary/aromatic N) is 2. The molecule has 0 N–H and O–H groups in total. The van der Waals surface area contributed by atoms with Gasteiger partial charge in [0.15, 0.2) is 0 Å². The monoisotopic (exact) mass is 392 g/mol. The third-order valence-electron chi connectivity index (χ3n) is 4.36. The number of rotatable bonds is 5. The van der Waals surface area contributed by atoms with Gasteiger partial charge in [-0.3, -0.25) is 9.69 Å². The summed E-state index contributed by atoms with van der Waals surface area (Å²) in [6.45, 7) is 2.20. The van der Waals surface area contributed by atoms with E-state index in [0.29, 0.717) is 19.1 Å². The number of benzene rings is 1. The second-order valence-corrected chi connectivity index (χ2v) is 7.96. The van der Waals surface area contributed by atoms with Crippen molar-refractivity contribution in [2.24, 2.45) is 0 Å². The van der Waals surface area contributed by atoms with Crippen LogP contribution in [0.25, 0.3) is 0 Å². The van der Waals surface area contributed by atoms with E-state index in [0.717, 1.165) is 23.9 Å². The fourth-order valence-corrected chi connectivity index (χ4v) is 4.12. The highest BCUT2D eigenvalue weighted by atomic mass is 79.9. The van der Waals surface area contributed by atoms with E-state index in [2.05, 4.69) is 56.5 Å². The Morgan fingerprint density at radius 2 is 2.13 bits per heavy atom. The molecule has 1 amide bonds. The lowest BCUT2D eigenvalue weighted by atomic mass is 10.0. The number of amides is 1. The number of likely N-dealkylation sites (tertiary alicyclic amines) is 1. The number of likely N-dealkylation sites (N-methyl/N-ethyl adjacent to an activating group) is 1. The molecule has 1 unspecified atom stereocenters. The maximum absolute atomic E-state index is 12.5. The first-order valence-corrected chi connectivity index (χ1v) is 9.56. The van der Waals surface area contributed by atoms with Crippen LogP contribution in [0.15, 0.2) is 46.3 Å². The van der Waals surface area contributed by atoms with Crippen LogP contribution in [-0.4, -0.2) is 35.8 Å². The zero-order valence-corrected chi connectivity index (χ0v) is 15.6. The van der Waals surface area contributed by atoms with Crippen LogP contribution in [0.5, 0.6) is 0 Å². The van der Waals surface area contributed by atoms with Crippen LogP contribution in [0.4, 0.5) is 0 Å². The smallest absolute Gasteiger partial charge is 0.236 e. The molecule has 0 spiro atoms. The number of hydrogen-bond acceptors (Lipinski definition) is 3. The van der Waals surface area contributed by atoms with Crippen molar-refractivity contribution in [3.8, 4) is 0 Å². The standard InChI is InChI=1S/C18H21BrN2OS/c1-20(12-16-4-3-11-23-16)18(22)13-21-10-2-5-17(21)14-6-8-15(19)9-7-14/h3-4,6-9,11,17H,2,5,10,12-13H2,1H3. The summed E-state index contributed by atoms with van der Waals surface area (Å²) in [5, 5.41) is 2.05. The summed E-state index contributed by atoms with van der Waals surface area (Å²) in [5.74, 6) is 0.197. The minimum atomic E-state index is 0.197. The van der Waals surface area contributed by atoms with E-state index in [1.165, 1.54) is 10.4 Å². The molecule has 1 atom stereocenters. The SMILES string of the molecule is CN(Cc1cccs1)C(=O)CN1CCCC1c1ccc(Br)cc1. The summed E-state index contributed by atoms with van der Waals surface area (Å²) in [7, 11) is 1.90. The van der Waals surface area contributed by atoms with Crippen molar-refractivity contribution in [2.75, 3.05) is 20.1 Å². The van der Waals surface area contributed by atoms with Gasteiger partial charge in [0.2, 0.25) is 5.91 Å². The molecule has 2 aromatic rings. The maximum atomic E-state index is 12.5. The first-order chi connectivity index (χ1) is 11.1. The summed E-state index contributed by atoms with van der Waals surface area (Å²) in [5.41, 5.74) is 1.31. The first-order valence-electron chi connectivity index (χ1n) is 7.89. The zero-order chi connectivity index (χ0) is 16.2. The molecule has 1 aromatic heterocycles. The Kier molecular flexibility index (Phi) is 5.51. The van der Waals surface area contributed by atoms with Gasteiger partial charge in [-0.1, -0.05) is 34.1 Å². The van der Waals surface area contributed by atoms with Gasteiger partial charge in [0.05, 0.1) is 13.1 Å². The van der Waals surface area contributed by atoms with Gasteiger partial charge in [-0.25, -0.2) is 0 Å². The average Bonchev–Trinajstić information content (AvgIpc) is 3.20. The van der Waals surface area contributed by atoms with Crippen molar-refractivity contribution in [3.05, 3.63) is 56.7 Å². The highest BCUT2D eigenvalue weighted by molar-refractivity contribution is 9.10. The Bertz CT molecular complexity index is 642. The quantitative estimate of drug-likeness (QED) is 0.756. The van der Waals surface area contributed by atoms with Gasteiger partial charge in [-0.05, 0) is 48.5 Å². The molecular formula is C18H21BrN2OS. The van der Waals surface area contributed by atoms with Crippen LogP contribution in [0.2, 0.25) is 0 Å². The normalized spacial score (nSPS) is 18.3. The highest BCUT2D eigenvalue weighted by Crippen LogP contribution is 2.32. The van der Waals surface area contributed by atoms with Crippen molar-refractivity contribution < 1.29 is 4.79 Å². The van der Waals surface area contributed by atoms with E-state index < -0.39 is 0 Å². The molecule has 2 heterocycles. The number of thiophene rings is 1. The van der Waals surface area contributed by atoms with Crippen molar-refractivity contribution in [1.29, 1.82) is 0 Å². The molecule has 0 bridgehead atoms. The lowest BCUT2D eigenvalue weighted by Gasteiger charge is -2.26. The van der Waals surface area contributed by atoms with E-state index >= 15 is 0 Å². The highest BCUT2D eigenvalue weighted by Gasteiger charge is 2.28. The van der Waals surface area contributed by atoms with Gasteiger partial charge in [0, 0.05) is 22.4 Å². The molecule has 1 aromatic carbocycles. The summed E-state index contributed by atoms with van der Waals surface area (Å²) in [4.78, 5) is 17.9. The van der Waals surface area contributed by atoms with Gasteiger partial charge in [0.1, 0.15) is 0 Å². The molecule has 0 saturated carbocycles. The average molecular weight is 393 g/mol. The molecule has 23 heavy (non-hydrogen) atoms. The number of halogens is 1. The molecular weight excluding hydrogens is 372 g/mol. The van der Waals surface area contributed by atoms with Gasteiger partial charge in [-0.2, -0.15) is 0 Å². The van der Waals surface area contributed by atoms with Crippen LogP contribution in [0.3, 0.4) is 0 Å². The van der Waals surface area contributed by atoms with Crippen LogP contribution in [0.1, 0.15) is 29.3 Å². The maximum Gasteiger partial charge on any atom is 0.236 e. The minimum Gasteiger partial charge on any atom is -0.340 e. The largest absolute Gasteiger partial charge is 0.340 e. The van der Waals surface area contributed by atoms with Gasteiger partial charge in [0.25, 0.3) is 0 Å². The molecule has 122 valence electrons. The van der Waals surface area contributed by atoms with Crippen LogP contribution >= 0.6 is 27.3 Å². The summed E-state index contributed by atoms with van der Waals surface area (Å²) in [6.07, 6.45) is 2.28. The minimum absolute atomic E-state index is 0.197. The van der Waals surface area contributed by atoms with Gasteiger partial charge < -0.3 is 4.90 Å². The molecule has 0 aliphatic carbocycles. The van der Waals surface area contributed by atoms with E-state index in [1.54, 1.807) is 11.3 Å². The Balaban J connectivity index is 1.61. The lowest BCUT2D eigenvalue weighted by molar-refractivity contribution is -0.131. The third-order valence-corrected chi connectivity index (χ3v) is 5.75. The molecule has 5 heteroatoms. The fraction of sp³-hybridized carbons (Fsp3) is 0.389. The van der Waals surface area contributed by atoms with Crippen molar-refractivity contribution in [1.82, 2.24) is 9.80 Å². The number of carbonyl (C=O) groups excluding carboxylic acids is 1. The Hall–Kier alpha value is -1.17. The molecule has 3 rings (SSSR count). The summed E-state index contributed by atoms with van der Waals surface area (Å²) < 4.78 is 1.09. The topological polar surface area (TPSA) is 23.6 Å². The van der Waals surface area contributed by atoms with Crippen LogP contribution in [-0.2, 0) is 11.3 Å². The number of hydrogen-bond donors (Lipinski definition) is 0. The van der Waals surface area contributed by atoms with E-state index in [4.69, 9.17) is 0 Å². The third kappa shape index (κ3) is 4.22. The molecule has 1 aliphatic rings. The van der Waals surface area contributed by atoms with E-state index in [9.17, 15) is 4.79 Å². The Labute approximate surface area is 150 Å². The van der Waals surface area contributed by atoms with Gasteiger partial charge in [-0.15, -0.1) is 11.3 Å².